The predicted octanol–water partition coefficient (Wildman–Crippen LogP) is 2.77. The number of hydrogen-bond donors (Lipinski definition) is 1. The van der Waals surface area contributed by atoms with E-state index in [4.69, 9.17) is 0 Å². The first kappa shape index (κ1) is 17.1. The van der Waals surface area contributed by atoms with Crippen molar-refractivity contribution in [3.05, 3.63) is 29.3 Å². The van der Waals surface area contributed by atoms with Crippen LogP contribution in [0.2, 0.25) is 0 Å². The molecular weight excluding hydrogens is 332 g/mol. The molecule has 126 valence electrons. The number of amides is 1. The molecule has 0 spiro atoms. The largest absolute Gasteiger partial charge is 0.426 e. The first-order chi connectivity index (χ1) is 10.5. The summed E-state index contributed by atoms with van der Waals surface area (Å²) in [6, 6.07) is 0.534. The summed E-state index contributed by atoms with van der Waals surface area (Å²) >= 11 is 0. The third-order valence-corrected chi connectivity index (χ3v) is 3.09. The van der Waals surface area contributed by atoms with Crippen molar-refractivity contribution in [1.82, 2.24) is 5.32 Å². The summed E-state index contributed by atoms with van der Waals surface area (Å²) in [5, 5.41) is 2.31. The minimum absolute atomic E-state index is 0.0714. The number of carbonyl (C=O) groups excluding carboxylic acids is 2. The molecule has 1 unspecified atom stereocenters. The minimum Gasteiger partial charge on any atom is -0.426 e. The second-order valence-electron chi connectivity index (χ2n) is 4.87. The van der Waals surface area contributed by atoms with E-state index in [-0.39, 0.29) is 19.0 Å². The van der Waals surface area contributed by atoms with Gasteiger partial charge in [-0.3, -0.25) is 9.59 Å². The van der Waals surface area contributed by atoms with Crippen LogP contribution in [0.15, 0.2) is 18.2 Å². The number of hydrogen-bond acceptors (Lipinski definition) is 3. The fourth-order valence-corrected chi connectivity index (χ4v) is 1.96. The summed E-state index contributed by atoms with van der Waals surface area (Å²) in [7, 11) is 0. The van der Waals surface area contributed by atoms with E-state index in [1.807, 2.05) is 0 Å². The van der Waals surface area contributed by atoms with E-state index in [9.17, 15) is 35.9 Å². The van der Waals surface area contributed by atoms with E-state index in [1.54, 1.807) is 0 Å². The molecule has 0 saturated carbocycles. The Bertz CT molecular complexity index is 605. The zero-order valence-electron chi connectivity index (χ0n) is 11.2. The van der Waals surface area contributed by atoms with Crippen molar-refractivity contribution in [2.75, 3.05) is 6.54 Å². The molecule has 23 heavy (non-hydrogen) atoms. The molecule has 10 heteroatoms. The van der Waals surface area contributed by atoms with Gasteiger partial charge in [0.05, 0.1) is 17.0 Å². The molecule has 1 N–H and O–H groups in total. The van der Waals surface area contributed by atoms with E-state index in [1.165, 1.54) is 0 Å². The number of ether oxygens (including phenoxy) is 1. The number of halogens is 6. The highest BCUT2D eigenvalue weighted by molar-refractivity contribution is 5.87. The summed E-state index contributed by atoms with van der Waals surface area (Å²) in [4.78, 5) is 22.7. The van der Waals surface area contributed by atoms with Gasteiger partial charge in [-0.05, 0) is 18.2 Å². The highest BCUT2D eigenvalue weighted by atomic mass is 19.4. The molecule has 2 rings (SSSR count). The molecule has 1 aromatic rings. The number of carbonyl (C=O) groups is 2. The first-order valence-corrected chi connectivity index (χ1v) is 6.24. The molecule has 1 fully saturated rings. The lowest BCUT2D eigenvalue weighted by Crippen LogP contribution is -2.23. The maximum Gasteiger partial charge on any atom is 0.416 e. The van der Waals surface area contributed by atoms with Gasteiger partial charge in [-0.2, -0.15) is 26.3 Å². The van der Waals surface area contributed by atoms with Gasteiger partial charge in [0.2, 0.25) is 5.91 Å². The Hall–Kier alpha value is -2.26. The van der Waals surface area contributed by atoms with E-state index < -0.39 is 47.0 Å². The fourth-order valence-electron chi connectivity index (χ4n) is 1.96. The number of esters is 1. The second-order valence-corrected chi connectivity index (χ2v) is 4.87. The van der Waals surface area contributed by atoms with Crippen LogP contribution in [0.5, 0.6) is 5.75 Å². The van der Waals surface area contributed by atoms with E-state index in [2.05, 4.69) is 10.1 Å². The molecule has 0 bridgehead atoms. The number of rotatable bonds is 2. The molecule has 0 aromatic heterocycles. The molecule has 4 nitrogen and oxygen atoms in total. The third-order valence-electron chi connectivity index (χ3n) is 3.09. The quantitative estimate of drug-likeness (QED) is 0.511. The highest BCUT2D eigenvalue weighted by Crippen LogP contribution is 2.38. The van der Waals surface area contributed by atoms with Crippen LogP contribution in [-0.4, -0.2) is 18.4 Å². The maximum absolute atomic E-state index is 12.7. The van der Waals surface area contributed by atoms with Crippen LogP contribution in [-0.2, 0) is 21.9 Å². The molecule has 1 atom stereocenters. The molecule has 0 aliphatic carbocycles. The van der Waals surface area contributed by atoms with Crippen molar-refractivity contribution in [2.24, 2.45) is 5.92 Å². The summed E-state index contributed by atoms with van der Waals surface area (Å²) in [5.41, 5.74) is -3.17. The summed E-state index contributed by atoms with van der Waals surface area (Å²) < 4.78 is 80.6. The summed E-state index contributed by atoms with van der Waals surface area (Å²) in [6.07, 6.45) is -10.3. The lowest BCUT2D eigenvalue weighted by molar-refractivity contribution is -0.145. The zero-order chi connectivity index (χ0) is 17.4. The Morgan fingerprint density at radius 2 is 1.57 bits per heavy atom. The molecule has 1 aliphatic rings. The number of benzene rings is 1. The van der Waals surface area contributed by atoms with Crippen molar-refractivity contribution < 1.29 is 40.7 Å². The van der Waals surface area contributed by atoms with E-state index >= 15 is 0 Å². The van der Waals surface area contributed by atoms with Crippen LogP contribution >= 0.6 is 0 Å². The van der Waals surface area contributed by atoms with Gasteiger partial charge in [0, 0.05) is 13.0 Å². The van der Waals surface area contributed by atoms with E-state index in [0.717, 1.165) is 0 Å². The average molecular weight is 341 g/mol. The van der Waals surface area contributed by atoms with Gasteiger partial charge in [-0.25, -0.2) is 0 Å². The van der Waals surface area contributed by atoms with Crippen molar-refractivity contribution >= 4 is 11.9 Å². The maximum atomic E-state index is 12.7. The lowest BCUT2D eigenvalue weighted by Gasteiger charge is -2.15. The zero-order valence-corrected chi connectivity index (χ0v) is 11.2. The molecular formula is C13H9F6NO3. The van der Waals surface area contributed by atoms with Crippen LogP contribution in [0.1, 0.15) is 17.5 Å². The van der Waals surface area contributed by atoms with Crippen LogP contribution in [0.25, 0.3) is 0 Å². The van der Waals surface area contributed by atoms with Gasteiger partial charge in [0.15, 0.2) is 0 Å². The van der Waals surface area contributed by atoms with Gasteiger partial charge in [-0.1, -0.05) is 0 Å². The predicted molar refractivity (Wildman–Crippen MR) is 63.2 cm³/mol. The number of alkyl halides is 6. The summed E-state index contributed by atoms with van der Waals surface area (Å²) in [6.45, 7) is -0.0806. The average Bonchev–Trinajstić information content (AvgIpc) is 2.83. The Labute approximate surface area is 125 Å². The Balaban J connectivity index is 2.30. The lowest BCUT2D eigenvalue weighted by atomic mass is 10.1. The Morgan fingerprint density at radius 1 is 1.04 bits per heavy atom. The van der Waals surface area contributed by atoms with Gasteiger partial charge < -0.3 is 10.1 Å². The smallest absolute Gasteiger partial charge is 0.416 e. The Morgan fingerprint density at radius 3 is 1.96 bits per heavy atom. The standard InChI is InChI=1S/C13H9F6NO3/c14-12(15,16)7-2-8(13(17,18)19)4-9(3-7)23-11(22)6-1-10(21)20-5-6/h2-4,6H,1,5H2,(H,20,21). The van der Waals surface area contributed by atoms with Crippen molar-refractivity contribution in [3.63, 3.8) is 0 Å². The van der Waals surface area contributed by atoms with Gasteiger partial charge >= 0.3 is 18.3 Å². The van der Waals surface area contributed by atoms with Crippen LogP contribution in [0.3, 0.4) is 0 Å². The van der Waals surface area contributed by atoms with Gasteiger partial charge in [0.1, 0.15) is 5.75 Å². The monoisotopic (exact) mass is 341 g/mol. The summed E-state index contributed by atoms with van der Waals surface area (Å²) in [5.74, 6) is -3.36. The van der Waals surface area contributed by atoms with Gasteiger partial charge in [-0.15, -0.1) is 0 Å². The van der Waals surface area contributed by atoms with Crippen LogP contribution in [0.4, 0.5) is 26.3 Å². The SMILES string of the molecule is O=C1CC(C(=O)Oc2cc(C(F)(F)F)cc(C(F)(F)F)c2)CN1. The van der Waals surface area contributed by atoms with Crippen molar-refractivity contribution in [2.45, 2.75) is 18.8 Å². The normalized spacial score (nSPS) is 18.7. The van der Waals surface area contributed by atoms with E-state index in [0.29, 0.717) is 12.1 Å². The van der Waals surface area contributed by atoms with Crippen molar-refractivity contribution in [3.8, 4) is 5.75 Å². The van der Waals surface area contributed by atoms with Crippen LogP contribution in [0, 0.1) is 5.92 Å². The second kappa shape index (κ2) is 5.74. The Kier molecular flexibility index (Phi) is 4.27. The molecule has 1 aliphatic heterocycles. The topological polar surface area (TPSA) is 55.4 Å². The third kappa shape index (κ3) is 4.14. The minimum atomic E-state index is -5.03. The molecule has 1 aromatic carbocycles. The number of nitrogens with one attached hydrogen (secondary N) is 1. The van der Waals surface area contributed by atoms with Crippen molar-refractivity contribution in [1.29, 1.82) is 0 Å². The van der Waals surface area contributed by atoms with Gasteiger partial charge in [0.25, 0.3) is 0 Å². The molecule has 0 radical (unpaired) electrons. The van der Waals surface area contributed by atoms with Crippen LogP contribution < -0.4 is 10.1 Å². The first-order valence-electron chi connectivity index (χ1n) is 6.24. The fraction of sp³-hybridized carbons (Fsp3) is 0.385. The molecule has 1 saturated heterocycles. The molecule has 1 amide bonds. The molecule has 1 heterocycles. The highest BCUT2D eigenvalue weighted by Gasteiger charge is 2.38.